The summed E-state index contributed by atoms with van der Waals surface area (Å²) in [5, 5.41) is 9.24. The second kappa shape index (κ2) is 4.39. The van der Waals surface area contributed by atoms with E-state index in [-0.39, 0.29) is 18.5 Å². The van der Waals surface area contributed by atoms with Crippen LogP contribution < -0.4 is 5.32 Å². The number of amides is 1. The van der Waals surface area contributed by atoms with Crippen LogP contribution in [0.2, 0.25) is 0 Å². The third kappa shape index (κ3) is 2.66. The highest BCUT2D eigenvalue weighted by Gasteiger charge is 2.41. The Hall–Kier alpha value is -1.93. The number of ketones is 1. The lowest BCUT2D eigenvalue weighted by molar-refractivity contribution is -0.119. The Morgan fingerprint density at radius 3 is 2.83 bits per heavy atom. The minimum absolute atomic E-state index is 0.105. The van der Waals surface area contributed by atoms with E-state index < -0.39 is 17.7 Å². The molecule has 2 rings (SSSR count). The molecule has 1 aromatic heterocycles. The first-order valence-electron chi connectivity index (χ1n) is 5.17. The maximum Gasteiger partial charge on any atom is 0.456 e. The molecule has 0 bridgehead atoms. The molecule has 2 heterocycles. The molecule has 0 spiro atoms. The quantitative estimate of drug-likeness (QED) is 0.795. The SMILES string of the molecule is O=C1CCC(Cn2cc(C(=O)C(F)(F)F)nn2)N1. The van der Waals surface area contributed by atoms with E-state index in [1.54, 1.807) is 0 Å². The number of carbonyl (C=O) groups is 2. The van der Waals surface area contributed by atoms with Gasteiger partial charge in [0.25, 0.3) is 5.78 Å². The van der Waals surface area contributed by atoms with E-state index in [0.29, 0.717) is 12.8 Å². The molecule has 0 aliphatic carbocycles. The number of hydrogen-bond acceptors (Lipinski definition) is 4. The fourth-order valence-electron chi connectivity index (χ4n) is 1.68. The van der Waals surface area contributed by atoms with Gasteiger partial charge in [0.15, 0.2) is 5.69 Å². The van der Waals surface area contributed by atoms with E-state index in [0.717, 1.165) is 10.9 Å². The van der Waals surface area contributed by atoms with Gasteiger partial charge in [-0.1, -0.05) is 5.21 Å². The maximum atomic E-state index is 12.1. The van der Waals surface area contributed by atoms with Crippen LogP contribution in [0.1, 0.15) is 23.3 Å². The lowest BCUT2D eigenvalue weighted by Crippen LogP contribution is -2.29. The van der Waals surface area contributed by atoms with E-state index >= 15 is 0 Å². The van der Waals surface area contributed by atoms with Gasteiger partial charge in [-0.3, -0.25) is 9.59 Å². The Balaban J connectivity index is 2.02. The summed E-state index contributed by atoms with van der Waals surface area (Å²) in [6.45, 7) is 0.198. The summed E-state index contributed by atoms with van der Waals surface area (Å²) < 4.78 is 37.5. The van der Waals surface area contributed by atoms with Gasteiger partial charge in [-0.25, -0.2) is 4.68 Å². The van der Waals surface area contributed by atoms with Crippen molar-refractivity contribution in [1.29, 1.82) is 0 Å². The van der Waals surface area contributed by atoms with Gasteiger partial charge in [-0.2, -0.15) is 13.2 Å². The van der Waals surface area contributed by atoms with Gasteiger partial charge in [0, 0.05) is 12.5 Å². The van der Waals surface area contributed by atoms with E-state index in [1.807, 2.05) is 0 Å². The van der Waals surface area contributed by atoms with Crippen LogP contribution in [0.15, 0.2) is 6.20 Å². The molecule has 1 saturated heterocycles. The highest BCUT2D eigenvalue weighted by molar-refractivity contribution is 5.98. The van der Waals surface area contributed by atoms with E-state index in [9.17, 15) is 22.8 Å². The Labute approximate surface area is 99.1 Å². The highest BCUT2D eigenvalue weighted by atomic mass is 19.4. The van der Waals surface area contributed by atoms with Crippen LogP contribution in [-0.4, -0.2) is 38.9 Å². The van der Waals surface area contributed by atoms with E-state index in [4.69, 9.17) is 0 Å². The molecule has 0 aromatic carbocycles. The fourth-order valence-corrected chi connectivity index (χ4v) is 1.68. The summed E-state index contributed by atoms with van der Waals surface area (Å²) >= 11 is 0. The number of hydrogen-bond donors (Lipinski definition) is 1. The van der Waals surface area contributed by atoms with Gasteiger partial charge in [0.1, 0.15) is 0 Å². The molecule has 18 heavy (non-hydrogen) atoms. The molecule has 0 saturated carbocycles. The topological polar surface area (TPSA) is 76.9 Å². The first-order valence-corrected chi connectivity index (χ1v) is 5.17. The molecule has 6 nitrogen and oxygen atoms in total. The van der Waals surface area contributed by atoms with Crippen LogP contribution in [0, 0.1) is 0 Å². The van der Waals surface area contributed by atoms with Crippen molar-refractivity contribution in [3.8, 4) is 0 Å². The molecule has 1 aromatic rings. The zero-order valence-electron chi connectivity index (χ0n) is 9.07. The molecule has 1 unspecified atom stereocenters. The second-order valence-corrected chi connectivity index (χ2v) is 3.96. The van der Waals surface area contributed by atoms with Gasteiger partial charge in [-0.15, -0.1) is 5.10 Å². The molecule has 1 aliphatic rings. The zero-order chi connectivity index (χ0) is 13.3. The number of alkyl halides is 3. The number of carbonyl (C=O) groups excluding carboxylic acids is 2. The van der Waals surface area contributed by atoms with Crippen molar-refractivity contribution >= 4 is 11.7 Å². The molecule has 98 valence electrons. The molecule has 1 fully saturated rings. The van der Waals surface area contributed by atoms with Crippen molar-refractivity contribution < 1.29 is 22.8 Å². The number of aromatic nitrogens is 3. The zero-order valence-corrected chi connectivity index (χ0v) is 9.07. The van der Waals surface area contributed by atoms with Crippen molar-refractivity contribution in [2.75, 3.05) is 0 Å². The second-order valence-electron chi connectivity index (χ2n) is 3.96. The van der Waals surface area contributed by atoms with Crippen LogP contribution in [0.4, 0.5) is 13.2 Å². The van der Waals surface area contributed by atoms with Crippen LogP contribution in [0.3, 0.4) is 0 Å². The average molecular weight is 262 g/mol. The van der Waals surface area contributed by atoms with Crippen LogP contribution >= 0.6 is 0 Å². The average Bonchev–Trinajstić information content (AvgIpc) is 2.86. The predicted octanol–water partition coefficient (Wildman–Crippen LogP) is 0.302. The molecule has 1 N–H and O–H groups in total. The van der Waals surface area contributed by atoms with Crippen LogP contribution in [0.25, 0.3) is 0 Å². The number of Topliss-reactive ketones (excluding diaryl/α,β-unsaturated/α-hetero) is 1. The predicted molar refractivity (Wildman–Crippen MR) is 51.6 cm³/mol. The number of nitrogens with zero attached hydrogens (tertiary/aromatic N) is 3. The number of halogens is 3. The number of rotatable bonds is 3. The Bertz CT molecular complexity index is 482. The third-order valence-corrected chi connectivity index (χ3v) is 2.52. The fraction of sp³-hybridized carbons (Fsp3) is 0.556. The third-order valence-electron chi connectivity index (χ3n) is 2.52. The van der Waals surface area contributed by atoms with E-state index in [1.165, 1.54) is 0 Å². The minimum atomic E-state index is -4.96. The van der Waals surface area contributed by atoms with Crippen molar-refractivity contribution in [3.05, 3.63) is 11.9 Å². The summed E-state index contributed by atoms with van der Waals surface area (Å²) in [6.07, 6.45) is -3.06. The Kier molecular flexibility index (Phi) is 3.05. The normalized spacial score (nSPS) is 19.9. The molecule has 0 radical (unpaired) electrons. The standard InChI is InChI=1S/C9H9F3N4O2/c10-9(11,12)8(18)6-4-16(15-14-6)3-5-1-2-7(17)13-5/h4-5H,1-3H2,(H,13,17). The smallest absolute Gasteiger partial charge is 0.351 e. The van der Waals surface area contributed by atoms with Crippen molar-refractivity contribution in [3.63, 3.8) is 0 Å². The molecule has 1 atom stereocenters. The van der Waals surface area contributed by atoms with E-state index in [2.05, 4.69) is 15.6 Å². The molecular weight excluding hydrogens is 253 g/mol. The van der Waals surface area contributed by atoms with Gasteiger partial charge < -0.3 is 5.32 Å². The Morgan fingerprint density at radius 2 is 2.28 bits per heavy atom. The minimum Gasteiger partial charge on any atom is -0.351 e. The monoisotopic (exact) mass is 262 g/mol. The molecule has 1 amide bonds. The largest absolute Gasteiger partial charge is 0.456 e. The van der Waals surface area contributed by atoms with Crippen molar-refractivity contribution in [2.24, 2.45) is 0 Å². The molecule has 9 heteroatoms. The Morgan fingerprint density at radius 1 is 1.56 bits per heavy atom. The van der Waals surface area contributed by atoms with Gasteiger partial charge in [0.2, 0.25) is 5.91 Å². The highest BCUT2D eigenvalue weighted by Crippen LogP contribution is 2.20. The summed E-state index contributed by atoms with van der Waals surface area (Å²) in [7, 11) is 0. The van der Waals surface area contributed by atoms with Crippen LogP contribution in [0.5, 0.6) is 0 Å². The lowest BCUT2D eigenvalue weighted by Gasteiger charge is -2.08. The van der Waals surface area contributed by atoms with Gasteiger partial charge in [0.05, 0.1) is 12.7 Å². The van der Waals surface area contributed by atoms with Crippen molar-refractivity contribution in [1.82, 2.24) is 20.3 Å². The van der Waals surface area contributed by atoms with Gasteiger partial charge in [-0.05, 0) is 6.42 Å². The van der Waals surface area contributed by atoms with Crippen molar-refractivity contribution in [2.45, 2.75) is 31.6 Å². The lowest BCUT2D eigenvalue weighted by atomic mass is 10.2. The molecular formula is C9H9F3N4O2. The first-order chi connectivity index (χ1) is 8.36. The number of nitrogens with one attached hydrogen (secondary N) is 1. The van der Waals surface area contributed by atoms with Crippen LogP contribution in [-0.2, 0) is 11.3 Å². The first kappa shape index (κ1) is 12.5. The summed E-state index contributed by atoms with van der Waals surface area (Å²) in [4.78, 5) is 21.8. The summed E-state index contributed by atoms with van der Waals surface area (Å²) in [5.41, 5.74) is -0.744. The summed E-state index contributed by atoms with van der Waals surface area (Å²) in [5.74, 6) is -2.13. The maximum absolute atomic E-state index is 12.1. The molecule has 1 aliphatic heterocycles. The van der Waals surface area contributed by atoms with Gasteiger partial charge >= 0.3 is 6.18 Å². The summed E-state index contributed by atoms with van der Waals surface area (Å²) in [6, 6.07) is -0.187.